The SMILES string of the molecule is COc1ccc([C@H](CC(N)=O)CC(=O)O)cc1. The van der Waals surface area contributed by atoms with E-state index in [4.69, 9.17) is 15.6 Å². The number of benzene rings is 1. The van der Waals surface area contributed by atoms with Crippen LogP contribution < -0.4 is 10.5 Å². The van der Waals surface area contributed by atoms with Crippen LogP contribution in [0.3, 0.4) is 0 Å². The molecular weight excluding hydrogens is 222 g/mol. The molecule has 0 saturated carbocycles. The van der Waals surface area contributed by atoms with Gasteiger partial charge in [0.15, 0.2) is 0 Å². The Morgan fingerprint density at radius 2 is 1.88 bits per heavy atom. The number of ether oxygens (including phenoxy) is 1. The van der Waals surface area contributed by atoms with Crippen molar-refractivity contribution in [1.29, 1.82) is 0 Å². The highest BCUT2D eigenvalue weighted by molar-refractivity contribution is 5.76. The van der Waals surface area contributed by atoms with Gasteiger partial charge in [-0.1, -0.05) is 12.1 Å². The van der Waals surface area contributed by atoms with Crippen LogP contribution in [0.2, 0.25) is 0 Å². The van der Waals surface area contributed by atoms with E-state index in [-0.39, 0.29) is 12.8 Å². The van der Waals surface area contributed by atoms with E-state index >= 15 is 0 Å². The lowest BCUT2D eigenvalue weighted by molar-refractivity contribution is -0.137. The quantitative estimate of drug-likeness (QED) is 0.776. The molecule has 0 radical (unpaired) electrons. The summed E-state index contributed by atoms with van der Waals surface area (Å²) in [6.07, 6.45) is -0.0894. The Bertz CT molecular complexity index is 383. The van der Waals surface area contributed by atoms with E-state index in [0.717, 1.165) is 5.56 Å². The van der Waals surface area contributed by atoms with Crippen LogP contribution in [0.1, 0.15) is 24.3 Å². The topological polar surface area (TPSA) is 89.6 Å². The summed E-state index contributed by atoms with van der Waals surface area (Å²) >= 11 is 0. The molecule has 5 nitrogen and oxygen atoms in total. The van der Waals surface area contributed by atoms with Gasteiger partial charge in [-0.05, 0) is 17.7 Å². The standard InChI is InChI=1S/C12H15NO4/c1-17-10-4-2-8(3-5-10)9(6-11(13)14)7-12(15)16/h2-5,9H,6-7H2,1H3,(H2,13,14)(H,15,16)/t9-/m1/s1. The van der Waals surface area contributed by atoms with Gasteiger partial charge in [0.05, 0.1) is 13.5 Å². The molecule has 1 aromatic rings. The summed E-state index contributed by atoms with van der Waals surface area (Å²) in [5.41, 5.74) is 5.88. The molecular formula is C12H15NO4. The van der Waals surface area contributed by atoms with Gasteiger partial charge in [0.2, 0.25) is 5.91 Å². The molecule has 17 heavy (non-hydrogen) atoms. The molecule has 0 spiro atoms. The van der Waals surface area contributed by atoms with Crippen molar-refractivity contribution in [2.45, 2.75) is 18.8 Å². The third kappa shape index (κ3) is 4.14. The lowest BCUT2D eigenvalue weighted by Gasteiger charge is -2.13. The van der Waals surface area contributed by atoms with Crippen molar-refractivity contribution in [3.05, 3.63) is 29.8 Å². The smallest absolute Gasteiger partial charge is 0.303 e. The molecule has 0 aliphatic carbocycles. The molecule has 0 bridgehead atoms. The molecule has 0 heterocycles. The van der Waals surface area contributed by atoms with Crippen molar-refractivity contribution in [2.75, 3.05) is 7.11 Å². The Morgan fingerprint density at radius 3 is 2.29 bits per heavy atom. The number of methoxy groups -OCH3 is 1. The summed E-state index contributed by atoms with van der Waals surface area (Å²) < 4.78 is 5.00. The first kappa shape index (κ1) is 13.0. The Morgan fingerprint density at radius 1 is 1.29 bits per heavy atom. The first-order valence-corrected chi connectivity index (χ1v) is 5.17. The van der Waals surface area contributed by atoms with Crippen LogP contribution in [0, 0.1) is 0 Å². The van der Waals surface area contributed by atoms with Crippen molar-refractivity contribution < 1.29 is 19.4 Å². The molecule has 0 unspecified atom stereocenters. The zero-order valence-corrected chi connectivity index (χ0v) is 9.55. The maximum absolute atomic E-state index is 10.9. The lowest BCUT2D eigenvalue weighted by Crippen LogP contribution is -2.17. The molecule has 0 aliphatic heterocycles. The fourth-order valence-electron chi connectivity index (χ4n) is 1.64. The van der Waals surface area contributed by atoms with E-state index in [1.807, 2.05) is 0 Å². The fourth-order valence-corrected chi connectivity index (χ4v) is 1.64. The van der Waals surface area contributed by atoms with E-state index in [1.165, 1.54) is 0 Å². The number of carbonyl (C=O) groups excluding carboxylic acids is 1. The fraction of sp³-hybridized carbons (Fsp3) is 0.333. The largest absolute Gasteiger partial charge is 0.497 e. The predicted molar refractivity (Wildman–Crippen MR) is 61.8 cm³/mol. The number of hydrogen-bond acceptors (Lipinski definition) is 3. The minimum Gasteiger partial charge on any atom is -0.497 e. The minimum absolute atomic E-state index is 0.0264. The molecule has 1 rings (SSSR count). The number of aliphatic carboxylic acids is 1. The van der Waals surface area contributed by atoms with Crippen LogP contribution in [-0.4, -0.2) is 24.1 Å². The van der Waals surface area contributed by atoms with Crippen LogP contribution in [-0.2, 0) is 9.59 Å². The van der Waals surface area contributed by atoms with Gasteiger partial charge < -0.3 is 15.6 Å². The number of nitrogens with two attached hydrogens (primary N) is 1. The van der Waals surface area contributed by atoms with Crippen molar-refractivity contribution in [3.63, 3.8) is 0 Å². The summed E-state index contributed by atoms with van der Waals surface area (Å²) in [5.74, 6) is -1.17. The van der Waals surface area contributed by atoms with E-state index in [9.17, 15) is 9.59 Å². The van der Waals surface area contributed by atoms with E-state index in [1.54, 1.807) is 31.4 Å². The number of primary amides is 1. The van der Waals surface area contributed by atoms with Crippen molar-refractivity contribution in [1.82, 2.24) is 0 Å². The highest BCUT2D eigenvalue weighted by atomic mass is 16.5. The molecule has 92 valence electrons. The predicted octanol–water partition coefficient (Wildman–Crippen LogP) is 1.13. The molecule has 0 aromatic heterocycles. The molecule has 1 atom stereocenters. The van der Waals surface area contributed by atoms with Crippen molar-refractivity contribution in [2.24, 2.45) is 5.73 Å². The summed E-state index contributed by atoms with van der Waals surface area (Å²) in [6.45, 7) is 0. The van der Waals surface area contributed by atoms with Crippen molar-refractivity contribution in [3.8, 4) is 5.75 Å². The van der Waals surface area contributed by atoms with Crippen LogP contribution in [0.25, 0.3) is 0 Å². The monoisotopic (exact) mass is 237 g/mol. The van der Waals surface area contributed by atoms with Gasteiger partial charge in [0, 0.05) is 12.3 Å². The zero-order valence-electron chi connectivity index (χ0n) is 9.55. The van der Waals surface area contributed by atoms with Gasteiger partial charge in [-0.3, -0.25) is 9.59 Å². The van der Waals surface area contributed by atoms with Crippen LogP contribution in [0.4, 0.5) is 0 Å². The molecule has 0 aliphatic rings. The maximum atomic E-state index is 10.9. The zero-order chi connectivity index (χ0) is 12.8. The Hall–Kier alpha value is -2.04. The molecule has 0 fully saturated rings. The van der Waals surface area contributed by atoms with Gasteiger partial charge in [0.25, 0.3) is 0 Å². The number of carboxylic acid groups (broad SMARTS) is 1. The second kappa shape index (κ2) is 5.89. The number of carboxylic acids is 1. The second-order valence-electron chi connectivity index (χ2n) is 3.74. The first-order valence-electron chi connectivity index (χ1n) is 5.17. The number of hydrogen-bond donors (Lipinski definition) is 2. The van der Waals surface area contributed by atoms with Gasteiger partial charge in [-0.15, -0.1) is 0 Å². The second-order valence-corrected chi connectivity index (χ2v) is 3.74. The lowest BCUT2D eigenvalue weighted by atomic mass is 9.92. The highest BCUT2D eigenvalue weighted by Crippen LogP contribution is 2.25. The average Bonchev–Trinajstić information content (AvgIpc) is 2.27. The Labute approximate surface area is 99.2 Å². The summed E-state index contributed by atoms with van der Waals surface area (Å²) in [4.78, 5) is 21.6. The molecule has 3 N–H and O–H groups in total. The van der Waals surface area contributed by atoms with Crippen LogP contribution in [0.15, 0.2) is 24.3 Å². The van der Waals surface area contributed by atoms with Gasteiger partial charge in [0.1, 0.15) is 5.75 Å². The minimum atomic E-state index is -0.952. The number of amides is 1. The third-order valence-electron chi connectivity index (χ3n) is 2.46. The van der Waals surface area contributed by atoms with Gasteiger partial charge >= 0.3 is 5.97 Å². The van der Waals surface area contributed by atoms with Gasteiger partial charge in [-0.2, -0.15) is 0 Å². The first-order chi connectivity index (χ1) is 8.02. The Kier molecular flexibility index (Phi) is 4.51. The molecule has 5 heteroatoms. The summed E-state index contributed by atoms with van der Waals surface area (Å²) in [5, 5.41) is 8.78. The molecule has 1 aromatic carbocycles. The van der Waals surface area contributed by atoms with Gasteiger partial charge in [-0.25, -0.2) is 0 Å². The number of carbonyl (C=O) groups is 2. The molecule has 0 saturated heterocycles. The number of rotatable bonds is 6. The van der Waals surface area contributed by atoms with E-state index in [2.05, 4.69) is 0 Å². The maximum Gasteiger partial charge on any atom is 0.303 e. The third-order valence-corrected chi connectivity index (χ3v) is 2.46. The normalized spacial score (nSPS) is 11.8. The van der Waals surface area contributed by atoms with Crippen LogP contribution >= 0.6 is 0 Å². The van der Waals surface area contributed by atoms with Crippen LogP contribution in [0.5, 0.6) is 5.75 Å². The summed E-state index contributed by atoms with van der Waals surface area (Å²) in [6, 6.07) is 6.95. The van der Waals surface area contributed by atoms with E-state index < -0.39 is 17.8 Å². The molecule has 1 amide bonds. The average molecular weight is 237 g/mol. The van der Waals surface area contributed by atoms with E-state index in [0.29, 0.717) is 5.75 Å². The van der Waals surface area contributed by atoms with Crippen molar-refractivity contribution >= 4 is 11.9 Å². The summed E-state index contributed by atoms with van der Waals surface area (Å²) in [7, 11) is 1.55. The Balaban J connectivity index is 2.86. The highest BCUT2D eigenvalue weighted by Gasteiger charge is 2.17.